The number of hydrogen-bond donors (Lipinski definition) is 1. The summed E-state index contributed by atoms with van der Waals surface area (Å²) in [6.45, 7) is 8.25. The summed E-state index contributed by atoms with van der Waals surface area (Å²) in [5.41, 5.74) is 4.09. The molecule has 0 aliphatic rings. The Morgan fingerprint density at radius 3 is 2.31 bits per heavy atom. The van der Waals surface area contributed by atoms with Gasteiger partial charge in [-0.05, 0) is 57.5 Å². The number of ether oxygens (including phenoxy) is 1. The van der Waals surface area contributed by atoms with Gasteiger partial charge in [-0.1, -0.05) is 23.8 Å². The summed E-state index contributed by atoms with van der Waals surface area (Å²) in [5, 5.41) is 2.91. The van der Waals surface area contributed by atoms with E-state index in [2.05, 4.69) is 19.2 Å². The van der Waals surface area contributed by atoms with E-state index in [9.17, 15) is 9.59 Å². The fraction of sp³-hybridized carbons (Fsp3) is 0.333. The highest BCUT2D eigenvalue weighted by Crippen LogP contribution is 2.20. The van der Waals surface area contributed by atoms with Crippen LogP contribution in [0.3, 0.4) is 0 Å². The quantitative estimate of drug-likeness (QED) is 0.798. The van der Waals surface area contributed by atoms with Gasteiger partial charge in [-0.15, -0.1) is 0 Å². The number of anilines is 2. The molecule has 0 aliphatic heterocycles. The van der Waals surface area contributed by atoms with Crippen molar-refractivity contribution in [2.24, 2.45) is 0 Å². The maximum Gasteiger partial charge on any atom is 0.337 e. The highest BCUT2D eigenvalue weighted by Gasteiger charge is 2.16. The van der Waals surface area contributed by atoms with Gasteiger partial charge >= 0.3 is 5.97 Å². The van der Waals surface area contributed by atoms with Crippen LogP contribution in [0.1, 0.15) is 35.3 Å². The molecule has 0 saturated carbocycles. The van der Waals surface area contributed by atoms with Crippen LogP contribution in [0.5, 0.6) is 0 Å². The maximum absolute atomic E-state index is 12.6. The average Bonchev–Trinajstić information content (AvgIpc) is 2.61. The van der Waals surface area contributed by atoms with Gasteiger partial charge in [0.2, 0.25) is 5.91 Å². The molecule has 5 heteroatoms. The lowest BCUT2D eigenvalue weighted by Crippen LogP contribution is -2.38. The Kier molecular flexibility index (Phi) is 6.39. The minimum absolute atomic E-state index is 0.135. The molecule has 0 heterocycles. The van der Waals surface area contributed by atoms with Gasteiger partial charge in [0.15, 0.2) is 0 Å². The Labute approximate surface area is 155 Å². The molecule has 0 atom stereocenters. The fourth-order valence-corrected chi connectivity index (χ4v) is 2.65. The predicted molar refractivity (Wildman–Crippen MR) is 105 cm³/mol. The van der Waals surface area contributed by atoms with Crippen LogP contribution < -0.4 is 10.2 Å². The molecule has 0 aliphatic carbocycles. The van der Waals surface area contributed by atoms with Crippen LogP contribution in [0.15, 0.2) is 42.5 Å². The van der Waals surface area contributed by atoms with E-state index in [0.29, 0.717) is 11.3 Å². The number of esters is 1. The smallest absolute Gasteiger partial charge is 0.337 e. The third-order valence-electron chi connectivity index (χ3n) is 4.24. The van der Waals surface area contributed by atoms with Crippen molar-refractivity contribution in [3.05, 3.63) is 59.2 Å². The number of amides is 1. The predicted octanol–water partition coefficient (Wildman–Crippen LogP) is 3.94. The van der Waals surface area contributed by atoms with Crippen LogP contribution in [0.4, 0.5) is 11.4 Å². The van der Waals surface area contributed by atoms with Gasteiger partial charge in [-0.3, -0.25) is 4.79 Å². The summed E-state index contributed by atoms with van der Waals surface area (Å²) < 4.78 is 4.74. The largest absolute Gasteiger partial charge is 0.465 e. The second kappa shape index (κ2) is 8.52. The van der Waals surface area contributed by atoms with E-state index < -0.39 is 5.97 Å². The number of nitrogens with zero attached hydrogens (tertiary/aromatic N) is 1. The van der Waals surface area contributed by atoms with Crippen molar-refractivity contribution in [1.29, 1.82) is 0 Å². The number of carbonyl (C=O) groups is 2. The van der Waals surface area contributed by atoms with Crippen LogP contribution >= 0.6 is 0 Å². The molecule has 26 heavy (non-hydrogen) atoms. The number of hydrogen-bond acceptors (Lipinski definition) is 4. The molecule has 0 unspecified atom stereocenters. The van der Waals surface area contributed by atoms with Crippen molar-refractivity contribution in [2.75, 3.05) is 23.9 Å². The van der Waals surface area contributed by atoms with E-state index in [0.717, 1.165) is 11.3 Å². The van der Waals surface area contributed by atoms with Gasteiger partial charge < -0.3 is 15.0 Å². The molecule has 138 valence electrons. The fourth-order valence-electron chi connectivity index (χ4n) is 2.65. The van der Waals surface area contributed by atoms with E-state index in [4.69, 9.17) is 4.74 Å². The number of aryl methyl sites for hydroxylation is 2. The zero-order valence-corrected chi connectivity index (χ0v) is 16.0. The van der Waals surface area contributed by atoms with Gasteiger partial charge in [-0.25, -0.2) is 4.79 Å². The van der Waals surface area contributed by atoms with Crippen molar-refractivity contribution in [2.45, 2.75) is 33.7 Å². The first-order valence-electron chi connectivity index (χ1n) is 8.64. The molecule has 2 aromatic rings. The van der Waals surface area contributed by atoms with Gasteiger partial charge in [-0.2, -0.15) is 0 Å². The highest BCUT2D eigenvalue weighted by molar-refractivity contribution is 5.97. The summed E-state index contributed by atoms with van der Waals surface area (Å²) >= 11 is 0. The highest BCUT2D eigenvalue weighted by atomic mass is 16.5. The normalized spacial score (nSPS) is 10.5. The topological polar surface area (TPSA) is 58.6 Å². The minimum Gasteiger partial charge on any atom is -0.465 e. The van der Waals surface area contributed by atoms with E-state index in [1.807, 2.05) is 43.0 Å². The van der Waals surface area contributed by atoms with Crippen LogP contribution in [0.2, 0.25) is 0 Å². The monoisotopic (exact) mass is 354 g/mol. The van der Waals surface area contributed by atoms with E-state index >= 15 is 0 Å². The van der Waals surface area contributed by atoms with Gasteiger partial charge in [0.05, 0.1) is 19.2 Å². The zero-order valence-electron chi connectivity index (χ0n) is 16.0. The zero-order chi connectivity index (χ0) is 19.3. The first-order chi connectivity index (χ1) is 12.3. The summed E-state index contributed by atoms with van der Waals surface area (Å²) in [6.07, 6.45) is 0. The van der Waals surface area contributed by atoms with Crippen LogP contribution in [-0.2, 0) is 9.53 Å². The van der Waals surface area contributed by atoms with E-state index in [1.165, 1.54) is 12.7 Å². The number of benzene rings is 2. The number of methoxy groups -OCH3 is 1. The molecule has 0 bridgehead atoms. The molecule has 0 radical (unpaired) electrons. The summed E-state index contributed by atoms with van der Waals surface area (Å²) in [7, 11) is 1.34. The Hall–Kier alpha value is -2.82. The molecule has 0 saturated heterocycles. The molecule has 2 rings (SSSR count). The molecule has 5 nitrogen and oxygen atoms in total. The van der Waals surface area contributed by atoms with Crippen molar-refractivity contribution < 1.29 is 14.3 Å². The van der Waals surface area contributed by atoms with Gasteiger partial charge in [0, 0.05) is 17.4 Å². The maximum atomic E-state index is 12.6. The Bertz CT molecular complexity index is 782. The molecule has 2 aromatic carbocycles. The van der Waals surface area contributed by atoms with Crippen molar-refractivity contribution in [3.8, 4) is 0 Å². The Morgan fingerprint density at radius 2 is 1.73 bits per heavy atom. The van der Waals surface area contributed by atoms with Crippen molar-refractivity contribution in [1.82, 2.24) is 0 Å². The molecule has 1 amide bonds. The molecular formula is C21H26N2O3. The van der Waals surface area contributed by atoms with Crippen LogP contribution in [0, 0.1) is 13.8 Å². The lowest BCUT2D eigenvalue weighted by Gasteiger charge is -2.28. The SMILES string of the molecule is COC(=O)c1ccc(C)c(NC(=O)CN(c2ccc(C)cc2)C(C)C)c1. The number of rotatable bonds is 6. The lowest BCUT2D eigenvalue weighted by atomic mass is 10.1. The minimum atomic E-state index is -0.427. The summed E-state index contributed by atoms with van der Waals surface area (Å²) in [6, 6.07) is 13.4. The number of nitrogens with one attached hydrogen (secondary N) is 1. The molecule has 0 spiro atoms. The molecule has 0 aromatic heterocycles. The van der Waals surface area contributed by atoms with E-state index in [-0.39, 0.29) is 18.5 Å². The molecule has 0 fully saturated rings. The first-order valence-corrected chi connectivity index (χ1v) is 8.64. The van der Waals surface area contributed by atoms with Gasteiger partial charge in [0.1, 0.15) is 0 Å². The van der Waals surface area contributed by atoms with Crippen molar-refractivity contribution >= 4 is 23.3 Å². The second-order valence-electron chi connectivity index (χ2n) is 6.63. The van der Waals surface area contributed by atoms with Crippen LogP contribution in [-0.4, -0.2) is 31.6 Å². The van der Waals surface area contributed by atoms with Gasteiger partial charge in [0.25, 0.3) is 0 Å². The lowest BCUT2D eigenvalue weighted by molar-refractivity contribution is -0.115. The Balaban J connectivity index is 2.16. The van der Waals surface area contributed by atoms with Crippen molar-refractivity contribution in [3.63, 3.8) is 0 Å². The van der Waals surface area contributed by atoms with E-state index in [1.54, 1.807) is 18.2 Å². The first kappa shape index (κ1) is 19.5. The standard InChI is InChI=1S/C21H26N2O3/c1-14(2)23(18-10-6-15(3)7-11-18)13-20(24)22-19-12-17(21(25)26-5)9-8-16(19)4/h6-12,14H,13H2,1-5H3,(H,22,24). The Morgan fingerprint density at radius 1 is 1.08 bits per heavy atom. The molecular weight excluding hydrogens is 328 g/mol. The third-order valence-corrected chi connectivity index (χ3v) is 4.24. The molecule has 1 N–H and O–H groups in total. The average molecular weight is 354 g/mol. The second-order valence-corrected chi connectivity index (χ2v) is 6.63. The summed E-state index contributed by atoms with van der Waals surface area (Å²) in [4.78, 5) is 26.3. The third kappa shape index (κ3) is 4.85. The summed E-state index contributed by atoms with van der Waals surface area (Å²) in [5.74, 6) is -0.562. The number of carbonyl (C=O) groups excluding carboxylic acids is 2. The van der Waals surface area contributed by atoms with Crippen LogP contribution in [0.25, 0.3) is 0 Å².